The fraction of sp³-hybridized carbons (Fsp3) is 0.384. The molecule has 4 amide bonds. The number of amides is 4. The fourth-order valence-electron chi connectivity index (χ4n) is 12.3. The van der Waals surface area contributed by atoms with Crippen molar-refractivity contribution in [2.75, 3.05) is 76.5 Å². The maximum Gasteiger partial charge on any atom is 0.407 e. The number of benzene rings is 6. The van der Waals surface area contributed by atoms with Gasteiger partial charge in [-0.1, -0.05) is 118 Å². The number of anilines is 3. The summed E-state index contributed by atoms with van der Waals surface area (Å²) in [5.41, 5.74) is 34.9. The Morgan fingerprint density at radius 3 is 1.14 bits per heavy atom. The zero-order chi connectivity index (χ0) is 85.1. The molecule has 0 radical (unpaired) electrons. The molecule has 26 nitrogen and oxygen atoms in total. The molecule has 3 aliphatic heterocycles. The maximum atomic E-state index is 15.3. The number of aromatic carboxylic acids is 1. The monoisotopic (exact) mass is 1690 g/mol. The summed E-state index contributed by atoms with van der Waals surface area (Å²) in [6.45, 7) is 17.4. The van der Waals surface area contributed by atoms with Crippen LogP contribution in [0.4, 0.5) is 40.2 Å². The van der Waals surface area contributed by atoms with E-state index in [2.05, 4.69) is 51.2 Å². The van der Waals surface area contributed by atoms with Gasteiger partial charge in [-0.25, -0.2) is 57.5 Å². The van der Waals surface area contributed by atoms with E-state index < -0.39 is 70.7 Å². The Bertz CT molecular complexity index is 4860. The quantitative estimate of drug-likeness (QED) is 0.0359. The number of ether oxygens (including phenoxy) is 5. The smallest absolute Gasteiger partial charge is 0.407 e. The van der Waals surface area contributed by atoms with Crippen LogP contribution in [0, 0.1) is 17.5 Å². The topological polar surface area (TPSA) is 407 Å². The van der Waals surface area contributed by atoms with Gasteiger partial charge in [0.25, 0.3) is 11.8 Å². The van der Waals surface area contributed by atoms with Crippen LogP contribution in [0.15, 0.2) is 146 Å². The number of nitrogens with two attached hydrogens (primary N) is 5. The molecule has 12 rings (SSSR count). The molecule has 0 bridgehead atoms. The van der Waals surface area contributed by atoms with Gasteiger partial charge in [0.05, 0.1) is 64.4 Å². The van der Waals surface area contributed by atoms with Crippen molar-refractivity contribution < 1.29 is 67.3 Å². The van der Waals surface area contributed by atoms with E-state index in [1.165, 1.54) is 36.4 Å². The van der Waals surface area contributed by atoms with E-state index in [0.29, 0.717) is 107 Å². The number of alkyl carbamates (subject to hydrolysis) is 2. The molecule has 3 atom stereocenters. The molecule has 0 saturated carbocycles. The summed E-state index contributed by atoms with van der Waals surface area (Å²) in [4.78, 5) is 87.1. The Kier molecular flexibility index (Phi) is 36.8. The molecular formula is C86H107Cl3F3N15O11. The van der Waals surface area contributed by atoms with Crippen LogP contribution < -0.4 is 49.9 Å². The molecular weight excluding hydrogens is 1580 g/mol. The normalized spacial score (nSPS) is 14.4. The number of halogens is 6. The Balaban J connectivity index is 0.000000251. The molecule has 6 heterocycles. The van der Waals surface area contributed by atoms with Gasteiger partial charge < -0.3 is 78.7 Å². The minimum absolute atomic E-state index is 0. The lowest BCUT2D eigenvalue weighted by molar-refractivity contribution is 0.0511. The van der Waals surface area contributed by atoms with Crippen molar-refractivity contribution in [2.24, 2.45) is 11.5 Å². The SMILES string of the molecule is C.C.CC(C)(C)OC(=O)NC[C@@H](N)c1cccc(Cl)c1.CC(C)(C)OC(=O)NC[C@@H](NC(=O)c1ccc(-c2nc(C3CCOCC3)cnc2N)cc1F)c1cccc(Cl)c1.NC[C@@H](NC(=O)c1ccc(-c2nc(C3CCOCC3)cnc2N)cc1F)c1cccc(Cl)c1.Nc1ncc(C2CCOCC2)nc1-c1ccc(C(=O)O)c(F)c1.[2H]CC. The lowest BCUT2D eigenvalue weighted by atomic mass is 9.96. The van der Waals surface area contributed by atoms with Crippen molar-refractivity contribution in [2.45, 2.75) is 156 Å². The van der Waals surface area contributed by atoms with Crippen LogP contribution in [0.1, 0.15) is 211 Å². The molecule has 3 aromatic heterocycles. The fourth-order valence-corrected chi connectivity index (χ4v) is 12.9. The second kappa shape index (κ2) is 45.9. The Morgan fingerprint density at radius 2 is 0.822 bits per heavy atom. The summed E-state index contributed by atoms with van der Waals surface area (Å²) in [6.07, 6.45) is 8.87. The molecule has 0 aliphatic carbocycles. The van der Waals surface area contributed by atoms with E-state index in [1.807, 2.05) is 32.9 Å². The highest BCUT2D eigenvalue weighted by Gasteiger charge is 2.28. The number of nitrogens with one attached hydrogen (secondary N) is 4. The van der Waals surface area contributed by atoms with Crippen LogP contribution in [0.5, 0.6) is 0 Å². The summed E-state index contributed by atoms with van der Waals surface area (Å²) in [6, 6.07) is 31.8. The van der Waals surface area contributed by atoms with Gasteiger partial charge in [0.1, 0.15) is 63.2 Å². The number of aromatic nitrogens is 6. The number of nitrogens with zero attached hydrogens (tertiary/aromatic N) is 6. The van der Waals surface area contributed by atoms with Crippen LogP contribution in [-0.4, -0.2) is 135 Å². The minimum atomic E-state index is -1.32. The van der Waals surface area contributed by atoms with Crippen LogP contribution in [0.25, 0.3) is 33.8 Å². The Morgan fingerprint density at radius 1 is 0.508 bits per heavy atom. The van der Waals surface area contributed by atoms with Gasteiger partial charge in [-0.15, -0.1) is 0 Å². The first-order chi connectivity index (χ1) is 55.7. The maximum absolute atomic E-state index is 15.3. The zero-order valence-corrected chi connectivity index (χ0v) is 67.8. The number of hydrogen-bond donors (Lipinski definition) is 10. The van der Waals surface area contributed by atoms with Gasteiger partial charge in [-0.3, -0.25) is 9.59 Å². The van der Waals surface area contributed by atoms with Crippen LogP contribution in [-0.2, 0) is 23.7 Å². The van der Waals surface area contributed by atoms with E-state index in [-0.39, 0.29) is 85.9 Å². The molecule has 0 unspecified atom stereocenters. The first kappa shape index (κ1) is 94.5. The van der Waals surface area contributed by atoms with E-state index in [1.54, 1.807) is 119 Å². The van der Waals surface area contributed by atoms with Crippen molar-refractivity contribution in [1.29, 1.82) is 0 Å². The molecule has 3 aliphatic rings. The number of carboxylic acid groups (broad SMARTS) is 1. The van der Waals surface area contributed by atoms with Gasteiger partial charge in [-0.05, 0) is 170 Å². The van der Waals surface area contributed by atoms with E-state index in [9.17, 15) is 32.8 Å². The lowest BCUT2D eigenvalue weighted by Gasteiger charge is -2.23. The van der Waals surface area contributed by atoms with Crippen molar-refractivity contribution in [3.05, 3.63) is 229 Å². The van der Waals surface area contributed by atoms with Crippen molar-refractivity contribution >= 4 is 82.2 Å². The second-order valence-electron chi connectivity index (χ2n) is 29.0. The lowest BCUT2D eigenvalue weighted by Crippen LogP contribution is -2.40. The highest BCUT2D eigenvalue weighted by Crippen LogP contribution is 2.35. The molecule has 3 fully saturated rings. The molecule has 634 valence electrons. The zero-order valence-electron chi connectivity index (χ0n) is 66.5. The third-order valence-corrected chi connectivity index (χ3v) is 18.9. The van der Waals surface area contributed by atoms with E-state index >= 15 is 4.39 Å². The van der Waals surface area contributed by atoms with Crippen LogP contribution in [0.2, 0.25) is 15.1 Å². The van der Waals surface area contributed by atoms with Crippen LogP contribution >= 0.6 is 34.8 Å². The molecule has 0 spiro atoms. The molecule has 9 aromatic rings. The molecule has 3 saturated heterocycles. The van der Waals surface area contributed by atoms with Crippen molar-refractivity contribution in [3.8, 4) is 33.8 Å². The van der Waals surface area contributed by atoms with E-state index in [0.717, 1.165) is 72.8 Å². The average Bonchev–Trinajstić information content (AvgIpc) is 0.823. The number of carbonyl (C=O) groups excluding carboxylic acids is 4. The number of rotatable bonds is 19. The van der Waals surface area contributed by atoms with Gasteiger partial charge in [0.2, 0.25) is 0 Å². The van der Waals surface area contributed by atoms with Gasteiger partial charge in [-0.2, -0.15) is 0 Å². The number of hydrogen-bond acceptors (Lipinski definition) is 21. The molecule has 32 heteroatoms. The first-order valence-electron chi connectivity index (χ1n) is 38.2. The summed E-state index contributed by atoms with van der Waals surface area (Å²) in [5, 5.41) is 21.3. The molecule has 118 heavy (non-hydrogen) atoms. The summed E-state index contributed by atoms with van der Waals surface area (Å²) in [7, 11) is 0. The summed E-state index contributed by atoms with van der Waals surface area (Å²) in [5.74, 6) is -3.64. The minimum Gasteiger partial charge on any atom is -0.478 e. The summed E-state index contributed by atoms with van der Waals surface area (Å²) >= 11 is 18.1. The Hall–Kier alpha value is -10.6. The average molecular weight is 1690 g/mol. The van der Waals surface area contributed by atoms with Crippen molar-refractivity contribution in [3.63, 3.8) is 0 Å². The Labute approximate surface area is 703 Å². The largest absolute Gasteiger partial charge is 0.478 e. The first-order valence-corrected chi connectivity index (χ1v) is 38.6. The summed E-state index contributed by atoms with van der Waals surface area (Å²) < 4.78 is 77.0. The van der Waals surface area contributed by atoms with E-state index in [4.69, 9.17) is 93.6 Å². The molecule has 6 aromatic carbocycles. The van der Waals surface area contributed by atoms with Gasteiger partial charge in [0, 0.05) is 116 Å². The van der Waals surface area contributed by atoms with Gasteiger partial charge >= 0.3 is 18.2 Å². The predicted octanol–water partition coefficient (Wildman–Crippen LogP) is 16.9. The van der Waals surface area contributed by atoms with Crippen molar-refractivity contribution in [1.82, 2.24) is 51.2 Å². The highest BCUT2D eigenvalue weighted by atomic mass is 35.5. The second-order valence-corrected chi connectivity index (χ2v) is 30.3. The number of carbonyl (C=O) groups is 5. The predicted molar refractivity (Wildman–Crippen MR) is 455 cm³/mol. The number of nitrogen functional groups attached to an aromatic ring is 3. The third kappa shape index (κ3) is 28.9. The molecule has 15 N–H and O–H groups in total. The van der Waals surface area contributed by atoms with Gasteiger partial charge in [0.15, 0.2) is 0 Å². The van der Waals surface area contributed by atoms with Crippen LogP contribution in [0.3, 0.4) is 0 Å². The number of carboxylic acids is 1. The standard InChI is InChI=1S/C29H33ClFN5O4.C24H25ClFN5O2.C16H16FN3O3.C13H19ClN2O2.C2H6.2CH4/c1-29(2,3)40-28(38)34-16-24(18-5-4-6-20(30)13-18)36-27(37)21-8-7-19(14-22(21)31)25-26(32)33-15-23(35-25)17-9-11-39-12-10-17;25-17-3-1-2-15(10-17)20(12-27)31-24(32)18-5-4-16(11-19(18)26)22-23(28)29-13-21(30-22)14-6-8-33-9-7-14;17-12-7-10(1-2-11(12)16(21)22)14-15(18)19-8-13(20-14)9-3-5-23-6-4-9;1-13(2,3)18-12(17)16-8-11(15)9-5-4-6-10(14)7-9;1-2;;/h4-8,13-15,17,24H,9-12,16H2,1-3H3,(H2,32,33)(H,34,38)(H,36,37);1-5,10-11,13-14,20H,6-9,12,27H2,(H2,28,29)(H,31,32);1-2,7-9H,3-6H2,(H2,18,19)(H,21,22);4-7,11H,8,15H2,1-3H3,(H,16,17);1-2H3;2*1H4/t24-;20-;;11-;;;/m11.1.../s1/i;;;;1D;;. The third-order valence-electron chi connectivity index (χ3n) is 18.2. The highest BCUT2D eigenvalue weighted by molar-refractivity contribution is 6.31.